The molecule has 49 heavy (non-hydrogen) atoms. The lowest BCUT2D eigenvalue weighted by atomic mass is 9.44. The zero-order valence-corrected chi connectivity index (χ0v) is 26.4. The predicted molar refractivity (Wildman–Crippen MR) is 202 cm³/mol. The Morgan fingerprint density at radius 3 is 1.84 bits per heavy atom. The molecule has 9 aromatic rings. The average molecular weight is 627 g/mol. The summed E-state index contributed by atoms with van der Waals surface area (Å²) in [6.45, 7) is -0.166. The van der Waals surface area contributed by atoms with Crippen LogP contribution in [-0.2, 0) is 0 Å². The lowest BCUT2D eigenvalue weighted by Gasteiger charge is -2.40. The highest BCUT2D eigenvalue weighted by Crippen LogP contribution is 2.57. The summed E-state index contributed by atoms with van der Waals surface area (Å²) in [5.41, 5.74) is 12.2. The molecule has 4 heterocycles. The molecule has 0 aliphatic carbocycles. The maximum Gasteiger partial charge on any atom is 0.332 e. The fraction of sp³-hybridized carbons (Fsp3) is 0. The van der Waals surface area contributed by atoms with Gasteiger partial charge in [0.2, 0.25) is 5.88 Å². The van der Waals surface area contributed by atoms with Gasteiger partial charge in [0, 0.05) is 16.3 Å². The van der Waals surface area contributed by atoms with Gasteiger partial charge in [0.05, 0.1) is 27.8 Å². The van der Waals surface area contributed by atoms with Gasteiger partial charge in [-0.05, 0) is 57.9 Å². The van der Waals surface area contributed by atoms with Gasteiger partial charge >= 0.3 is 6.85 Å². The van der Waals surface area contributed by atoms with Crippen LogP contribution in [0.2, 0.25) is 0 Å². The summed E-state index contributed by atoms with van der Waals surface area (Å²) < 4.78 is 16.4. The Labute approximate surface area is 283 Å². The van der Waals surface area contributed by atoms with Crippen molar-refractivity contribution < 1.29 is 9.15 Å². The van der Waals surface area contributed by atoms with Gasteiger partial charge in [-0.2, -0.15) is 0 Å². The topological polar surface area (TPSA) is 30.5 Å². The number of fused-ring (bicyclic) bond motifs is 9. The first-order chi connectivity index (χ1) is 24.3. The van der Waals surface area contributed by atoms with E-state index >= 15 is 0 Å². The van der Waals surface area contributed by atoms with Crippen LogP contribution < -0.4 is 20.5 Å². The van der Waals surface area contributed by atoms with E-state index in [2.05, 4.69) is 173 Å². The molecule has 2 aromatic heterocycles. The van der Waals surface area contributed by atoms with E-state index in [1.54, 1.807) is 0 Å². The number of anilines is 2. The van der Waals surface area contributed by atoms with Crippen LogP contribution in [0.1, 0.15) is 0 Å². The van der Waals surface area contributed by atoms with Gasteiger partial charge in [-0.1, -0.05) is 133 Å². The van der Waals surface area contributed by atoms with Crippen LogP contribution in [0, 0.1) is 0 Å². The molecule has 0 fully saturated rings. The first-order valence-corrected chi connectivity index (χ1v) is 16.7. The van der Waals surface area contributed by atoms with Crippen molar-refractivity contribution in [1.82, 2.24) is 4.57 Å². The van der Waals surface area contributed by atoms with Gasteiger partial charge < -0.3 is 18.5 Å². The van der Waals surface area contributed by atoms with Crippen LogP contribution in [0.25, 0.3) is 60.7 Å². The third-order valence-electron chi connectivity index (χ3n) is 10.3. The molecule has 7 aromatic carbocycles. The fourth-order valence-corrected chi connectivity index (χ4v) is 8.26. The third kappa shape index (κ3) is 3.64. The quantitative estimate of drug-likeness (QED) is 0.183. The highest BCUT2D eigenvalue weighted by atomic mass is 16.5. The molecule has 0 atom stereocenters. The van der Waals surface area contributed by atoms with E-state index in [9.17, 15) is 0 Å². The van der Waals surface area contributed by atoms with Crippen molar-refractivity contribution in [2.45, 2.75) is 0 Å². The minimum atomic E-state index is -0.166. The Morgan fingerprint density at radius 2 is 1.06 bits per heavy atom. The summed E-state index contributed by atoms with van der Waals surface area (Å²) >= 11 is 0. The van der Waals surface area contributed by atoms with E-state index in [0.29, 0.717) is 5.88 Å². The van der Waals surface area contributed by atoms with Gasteiger partial charge in [0.15, 0.2) is 17.1 Å². The lowest BCUT2D eigenvalue weighted by Crippen LogP contribution is -2.58. The zero-order valence-electron chi connectivity index (χ0n) is 26.4. The van der Waals surface area contributed by atoms with Gasteiger partial charge in [0.1, 0.15) is 0 Å². The first kappa shape index (κ1) is 26.6. The number of hydrogen-bond acceptors (Lipinski definition) is 3. The van der Waals surface area contributed by atoms with Gasteiger partial charge in [0.25, 0.3) is 0 Å². The monoisotopic (exact) mass is 626 g/mol. The average Bonchev–Trinajstić information content (AvgIpc) is 3.71. The summed E-state index contributed by atoms with van der Waals surface area (Å²) in [5, 5.41) is 3.37. The minimum Gasteiger partial charge on any atom is -0.449 e. The third-order valence-corrected chi connectivity index (χ3v) is 10.3. The van der Waals surface area contributed by atoms with Crippen molar-refractivity contribution in [3.05, 3.63) is 164 Å². The van der Waals surface area contributed by atoms with Gasteiger partial charge in [-0.15, -0.1) is 0 Å². The summed E-state index contributed by atoms with van der Waals surface area (Å²) in [6, 6.07) is 58.2. The van der Waals surface area contributed by atoms with Crippen LogP contribution in [0.5, 0.6) is 11.5 Å². The van der Waals surface area contributed by atoms with E-state index in [1.807, 2.05) is 0 Å². The zero-order chi connectivity index (χ0) is 32.1. The van der Waals surface area contributed by atoms with E-state index in [1.165, 1.54) is 38.4 Å². The molecule has 0 saturated heterocycles. The molecular weight excluding hydrogens is 599 g/mol. The van der Waals surface area contributed by atoms with Gasteiger partial charge in [-0.25, -0.2) is 0 Å². The van der Waals surface area contributed by atoms with Crippen molar-refractivity contribution in [3.8, 4) is 39.4 Å². The molecule has 2 aliphatic rings. The second kappa shape index (κ2) is 10.0. The number of hydrogen-bond donors (Lipinski definition) is 0. The summed E-state index contributed by atoms with van der Waals surface area (Å²) in [4.78, 5) is 2.39. The molecule has 0 bridgehead atoms. The van der Waals surface area contributed by atoms with Crippen molar-refractivity contribution in [2.75, 3.05) is 4.81 Å². The fourth-order valence-electron chi connectivity index (χ4n) is 8.26. The van der Waals surface area contributed by atoms with Crippen molar-refractivity contribution in [3.63, 3.8) is 0 Å². The number of benzene rings is 7. The Balaban J connectivity index is 1.22. The molecule has 0 amide bonds. The second-order valence-corrected chi connectivity index (χ2v) is 12.8. The van der Waals surface area contributed by atoms with E-state index in [0.717, 1.165) is 50.4 Å². The van der Waals surface area contributed by atoms with E-state index in [4.69, 9.17) is 9.15 Å². The van der Waals surface area contributed by atoms with Crippen molar-refractivity contribution >= 4 is 62.1 Å². The minimum absolute atomic E-state index is 0.166. The summed E-state index contributed by atoms with van der Waals surface area (Å²) in [6.07, 6.45) is 0. The Bertz CT molecular complexity index is 2730. The molecule has 0 saturated carbocycles. The Hall–Kier alpha value is -6.46. The standard InChI is InChI=1S/C44H27BN2O2/c1-2-14-28(15-3-1)29-16-4-8-22-35(29)45-36-23-9-5-17-30(36)33-20-13-27-40-41(33)47(45)44-43(48-40)34-21-12-26-39(42(34)49-44)46-37-24-10-6-18-31(37)32-19-7-11-25-38(32)46/h1-27H. The largest absolute Gasteiger partial charge is 0.449 e. The lowest BCUT2D eigenvalue weighted by molar-refractivity contribution is 0.466. The number of ether oxygens (including phenoxy) is 1. The summed E-state index contributed by atoms with van der Waals surface area (Å²) in [7, 11) is 0. The normalized spacial score (nSPS) is 13.0. The van der Waals surface area contributed by atoms with E-state index < -0.39 is 0 Å². The number of rotatable bonds is 3. The van der Waals surface area contributed by atoms with Crippen LogP contribution in [0.15, 0.2) is 168 Å². The van der Waals surface area contributed by atoms with Crippen LogP contribution in [0.4, 0.5) is 11.6 Å². The summed E-state index contributed by atoms with van der Waals surface area (Å²) in [5.74, 6) is 2.28. The molecular formula is C44H27BN2O2. The Kier molecular flexibility index (Phi) is 5.44. The maximum atomic E-state index is 7.18. The number of para-hydroxylation sites is 4. The van der Waals surface area contributed by atoms with E-state index in [-0.39, 0.29) is 6.85 Å². The smallest absolute Gasteiger partial charge is 0.332 e. The molecule has 228 valence electrons. The molecule has 0 spiro atoms. The molecule has 0 unspecified atom stereocenters. The highest BCUT2D eigenvalue weighted by molar-refractivity contribution is 6.91. The molecule has 2 aliphatic heterocycles. The molecule has 11 rings (SSSR count). The number of aromatic nitrogens is 1. The van der Waals surface area contributed by atoms with Crippen molar-refractivity contribution in [2.24, 2.45) is 0 Å². The van der Waals surface area contributed by atoms with Crippen molar-refractivity contribution in [1.29, 1.82) is 0 Å². The molecule has 5 heteroatoms. The second-order valence-electron chi connectivity index (χ2n) is 12.8. The molecule has 0 N–H and O–H groups in total. The number of nitrogens with zero attached hydrogens (tertiary/aromatic N) is 2. The SMILES string of the molecule is c1ccc(-c2ccccc2B2c3ccccc3-c3cccc4c3N2c2oc3c(-n5c6ccccc6c6ccccc65)cccc3c2O4)cc1. The maximum absolute atomic E-state index is 7.18. The van der Waals surface area contributed by atoms with Crippen LogP contribution in [-0.4, -0.2) is 11.4 Å². The highest BCUT2D eigenvalue weighted by Gasteiger charge is 2.45. The van der Waals surface area contributed by atoms with Crippen LogP contribution in [0.3, 0.4) is 0 Å². The van der Waals surface area contributed by atoms with Gasteiger partial charge in [-0.3, -0.25) is 0 Å². The van der Waals surface area contributed by atoms with Crippen LogP contribution >= 0.6 is 0 Å². The predicted octanol–water partition coefficient (Wildman–Crippen LogP) is 10.2. The first-order valence-electron chi connectivity index (χ1n) is 16.7. The molecule has 0 radical (unpaired) electrons. The number of furan rings is 1. The molecule has 4 nitrogen and oxygen atoms in total. The Morgan fingerprint density at radius 1 is 0.469 bits per heavy atom.